The molecule has 4 nitrogen and oxygen atoms in total. The van der Waals surface area contributed by atoms with Crippen LogP contribution < -0.4 is 5.32 Å². The van der Waals surface area contributed by atoms with Gasteiger partial charge >= 0.3 is 6.18 Å². The molecule has 0 saturated carbocycles. The Morgan fingerprint density at radius 1 is 1.33 bits per heavy atom. The Hall–Kier alpha value is -2.02. The fourth-order valence-electron chi connectivity index (χ4n) is 2.37. The van der Waals surface area contributed by atoms with Gasteiger partial charge in [-0.15, -0.1) is 0 Å². The number of alkyl halides is 3. The number of benzene rings is 1. The van der Waals surface area contributed by atoms with Crippen molar-refractivity contribution < 1.29 is 22.7 Å². The standard InChI is InChI=1S/C14H13F3N2O2/c15-14(16,17)12-7-8-6-9(3-4-10(8)19-12)18-13(20)11-2-1-5-21-11/h3-4,6-7,11,19H,1-2,5H2,(H,18,20). The summed E-state index contributed by atoms with van der Waals surface area (Å²) < 4.78 is 43.1. The van der Waals surface area contributed by atoms with Gasteiger partial charge in [-0.2, -0.15) is 13.2 Å². The fraction of sp³-hybridized carbons (Fsp3) is 0.357. The molecule has 1 amide bonds. The predicted octanol–water partition coefficient (Wildman–Crippen LogP) is 3.30. The van der Waals surface area contributed by atoms with Crippen LogP contribution in [0, 0.1) is 0 Å². The number of H-pyrrole nitrogens is 1. The fourth-order valence-corrected chi connectivity index (χ4v) is 2.37. The van der Waals surface area contributed by atoms with Gasteiger partial charge in [0.2, 0.25) is 0 Å². The third-order valence-electron chi connectivity index (χ3n) is 3.42. The van der Waals surface area contributed by atoms with Crippen molar-refractivity contribution in [3.05, 3.63) is 30.0 Å². The van der Waals surface area contributed by atoms with Gasteiger partial charge < -0.3 is 15.0 Å². The number of ether oxygens (including phenoxy) is 1. The summed E-state index contributed by atoms with van der Waals surface area (Å²) in [5.74, 6) is -0.265. The normalized spacial score (nSPS) is 19.1. The summed E-state index contributed by atoms with van der Waals surface area (Å²) in [6.45, 7) is 0.559. The molecule has 0 aliphatic carbocycles. The quantitative estimate of drug-likeness (QED) is 0.893. The molecule has 2 aromatic rings. The van der Waals surface area contributed by atoms with E-state index in [4.69, 9.17) is 4.74 Å². The molecule has 1 fully saturated rings. The highest BCUT2D eigenvalue weighted by Gasteiger charge is 2.32. The van der Waals surface area contributed by atoms with Crippen LogP contribution >= 0.6 is 0 Å². The van der Waals surface area contributed by atoms with Crippen molar-refractivity contribution in [3.63, 3.8) is 0 Å². The molecule has 21 heavy (non-hydrogen) atoms. The minimum absolute atomic E-state index is 0.265. The number of aromatic amines is 1. The zero-order valence-electron chi connectivity index (χ0n) is 11.0. The molecule has 0 radical (unpaired) electrons. The molecule has 1 aliphatic heterocycles. The highest BCUT2D eigenvalue weighted by atomic mass is 19.4. The highest BCUT2D eigenvalue weighted by molar-refractivity contribution is 5.96. The van der Waals surface area contributed by atoms with Crippen molar-refractivity contribution in [2.45, 2.75) is 25.1 Å². The summed E-state index contributed by atoms with van der Waals surface area (Å²) in [5, 5.41) is 3.06. The predicted molar refractivity (Wildman–Crippen MR) is 70.9 cm³/mol. The van der Waals surface area contributed by atoms with E-state index in [0.717, 1.165) is 12.5 Å². The van der Waals surface area contributed by atoms with Crippen LogP contribution in [0.25, 0.3) is 10.9 Å². The zero-order chi connectivity index (χ0) is 15.0. The second-order valence-electron chi connectivity index (χ2n) is 4.97. The first-order valence-corrected chi connectivity index (χ1v) is 6.56. The van der Waals surface area contributed by atoms with E-state index in [1.54, 1.807) is 6.07 Å². The molecule has 1 atom stereocenters. The molecular formula is C14H13F3N2O2. The van der Waals surface area contributed by atoms with Gasteiger partial charge in [0.1, 0.15) is 11.8 Å². The van der Waals surface area contributed by atoms with Crippen LogP contribution in [0.3, 0.4) is 0 Å². The molecular weight excluding hydrogens is 285 g/mol. The van der Waals surface area contributed by atoms with E-state index >= 15 is 0 Å². The third kappa shape index (κ3) is 2.87. The number of rotatable bonds is 2. The van der Waals surface area contributed by atoms with Gasteiger partial charge in [-0.05, 0) is 37.1 Å². The van der Waals surface area contributed by atoms with Gasteiger partial charge in [0.15, 0.2) is 0 Å². The Morgan fingerprint density at radius 2 is 2.14 bits per heavy atom. The Kier molecular flexibility index (Phi) is 3.36. The van der Waals surface area contributed by atoms with Gasteiger partial charge in [0.05, 0.1) is 0 Å². The number of halogens is 3. The number of aromatic nitrogens is 1. The van der Waals surface area contributed by atoms with Crippen molar-refractivity contribution in [1.29, 1.82) is 0 Å². The number of anilines is 1. The van der Waals surface area contributed by atoms with E-state index in [1.165, 1.54) is 12.1 Å². The van der Waals surface area contributed by atoms with E-state index in [2.05, 4.69) is 10.3 Å². The molecule has 3 rings (SSSR count). The summed E-state index contributed by atoms with van der Waals surface area (Å²) in [5.41, 5.74) is 0.0215. The minimum Gasteiger partial charge on any atom is -0.368 e. The van der Waals surface area contributed by atoms with Gasteiger partial charge in [0, 0.05) is 23.2 Å². The number of hydrogen-bond donors (Lipinski definition) is 2. The van der Waals surface area contributed by atoms with Crippen molar-refractivity contribution in [3.8, 4) is 0 Å². The summed E-state index contributed by atoms with van der Waals surface area (Å²) in [6.07, 6.45) is -3.39. The average Bonchev–Trinajstić information content (AvgIpc) is 3.06. The van der Waals surface area contributed by atoms with Crippen molar-refractivity contribution in [2.75, 3.05) is 11.9 Å². The van der Waals surface area contributed by atoms with E-state index in [0.29, 0.717) is 29.6 Å². The average molecular weight is 298 g/mol. The topological polar surface area (TPSA) is 54.1 Å². The summed E-state index contributed by atoms with van der Waals surface area (Å²) in [6, 6.07) is 5.60. The highest BCUT2D eigenvalue weighted by Crippen LogP contribution is 2.32. The van der Waals surface area contributed by atoms with Crippen molar-refractivity contribution >= 4 is 22.5 Å². The maximum atomic E-state index is 12.6. The van der Waals surface area contributed by atoms with Gasteiger partial charge in [-0.3, -0.25) is 4.79 Å². The van der Waals surface area contributed by atoms with Gasteiger partial charge in [-0.1, -0.05) is 0 Å². The smallest absolute Gasteiger partial charge is 0.368 e. The molecule has 1 saturated heterocycles. The van der Waals surface area contributed by atoms with Crippen LogP contribution in [0.5, 0.6) is 0 Å². The summed E-state index contributed by atoms with van der Waals surface area (Å²) in [7, 11) is 0. The minimum atomic E-state index is -4.42. The molecule has 1 aromatic carbocycles. The first-order chi connectivity index (χ1) is 9.93. The van der Waals surface area contributed by atoms with E-state index < -0.39 is 18.0 Å². The molecule has 1 unspecified atom stereocenters. The molecule has 2 N–H and O–H groups in total. The molecule has 1 aliphatic rings. The number of nitrogens with one attached hydrogen (secondary N) is 2. The lowest BCUT2D eigenvalue weighted by Crippen LogP contribution is -2.26. The van der Waals surface area contributed by atoms with Crippen LogP contribution in [0.1, 0.15) is 18.5 Å². The summed E-state index contributed by atoms with van der Waals surface area (Å²) >= 11 is 0. The van der Waals surface area contributed by atoms with Crippen LogP contribution in [0.15, 0.2) is 24.3 Å². The lowest BCUT2D eigenvalue weighted by atomic mass is 10.2. The Bertz CT molecular complexity index is 672. The van der Waals surface area contributed by atoms with Crippen molar-refractivity contribution in [1.82, 2.24) is 4.98 Å². The van der Waals surface area contributed by atoms with E-state index in [-0.39, 0.29) is 5.91 Å². The third-order valence-corrected chi connectivity index (χ3v) is 3.42. The Morgan fingerprint density at radius 3 is 2.81 bits per heavy atom. The van der Waals surface area contributed by atoms with Gasteiger partial charge in [0.25, 0.3) is 5.91 Å². The molecule has 1 aromatic heterocycles. The number of fused-ring (bicyclic) bond motifs is 1. The first-order valence-electron chi connectivity index (χ1n) is 6.56. The second-order valence-corrected chi connectivity index (χ2v) is 4.97. The monoisotopic (exact) mass is 298 g/mol. The zero-order valence-corrected chi connectivity index (χ0v) is 11.0. The Labute approximate surface area is 118 Å². The summed E-state index contributed by atoms with van der Waals surface area (Å²) in [4.78, 5) is 14.2. The number of hydrogen-bond acceptors (Lipinski definition) is 2. The number of amides is 1. The molecule has 2 heterocycles. The van der Waals surface area contributed by atoms with E-state index in [9.17, 15) is 18.0 Å². The lowest BCUT2D eigenvalue weighted by Gasteiger charge is -2.10. The molecule has 7 heteroatoms. The van der Waals surface area contributed by atoms with Crippen molar-refractivity contribution in [2.24, 2.45) is 0 Å². The molecule has 112 valence electrons. The number of carbonyl (C=O) groups is 1. The second kappa shape index (κ2) is 5.07. The maximum absolute atomic E-state index is 12.6. The first kappa shape index (κ1) is 13.9. The maximum Gasteiger partial charge on any atom is 0.431 e. The van der Waals surface area contributed by atoms with Crippen LogP contribution in [0.2, 0.25) is 0 Å². The molecule has 0 spiro atoms. The van der Waals surface area contributed by atoms with Crippen LogP contribution in [0.4, 0.5) is 18.9 Å². The van der Waals surface area contributed by atoms with Crippen LogP contribution in [-0.4, -0.2) is 23.6 Å². The van der Waals surface area contributed by atoms with Crippen LogP contribution in [-0.2, 0) is 15.7 Å². The molecule has 0 bridgehead atoms. The van der Waals surface area contributed by atoms with E-state index in [1.807, 2.05) is 0 Å². The SMILES string of the molecule is O=C(Nc1ccc2[nH]c(C(F)(F)F)cc2c1)C1CCCO1. The van der Waals surface area contributed by atoms with Gasteiger partial charge in [-0.25, -0.2) is 0 Å². The number of carbonyl (C=O) groups excluding carboxylic acids is 1. The Balaban J connectivity index is 1.82. The lowest BCUT2D eigenvalue weighted by molar-refractivity contribution is -0.140. The largest absolute Gasteiger partial charge is 0.431 e.